The molecule has 20 heavy (non-hydrogen) atoms. The molecule has 0 spiro atoms. The van der Waals surface area contributed by atoms with E-state index in [4.69, 9.17) is 4.74 Å². The van der Waals surface area contributed by atoms with Gasteiger partial charge in [-0.3, -0.25) is 4.79 Å². The van der Waals surface area contributed by atoms with Crippen molar-refractivity contribution < 1.29 is 9.53 Å². The van der Waals surface area contributed by atoms with E-state index in [2.05, 4.69) is 15.6 Å². The number of pyridine rings is 1. The average molecular weight is 277 g/mol. The number of anilines is 1. The fourth-order valence-electron chi connectivity index (χ4n) is 2.49. The van der Waals surface area contributed by atoms with Crippen molar-refractivity contribution in [3.8, 4) is 5.88 Å². The van der Waals surface area contributed by atoms with Gasteiger partial charge in [0.2, 0.25) is 11.8 Å². The predicted molar refractivity (Wildman–Crippen MR) is 78.9 cm³/mol. The van der Waals surface area contributed by atoms with E-state index in [0.717, 1.165) is 18.5 Å². The van der Waals surface area contributed by atoms with Crippen molar-refractivity contribution in [1.29, 1.82) is 0 Å². The molecule has 110 valence electrons. The van der Waals surface area contributed by atoms with E-state index in [1.54, 1.807) is 19.4 Å². The normalized spacial score (nSPS) is 16.2. The molecule has 1 amide bonds. The monoisotopic (exact) mass is 277 g/mol. The van der Waals surface area contributed by atoms with Crippen molar-refractivity contribution in [1.82, 2.24) is 10.3 Å². The van der Waals surface area contributed by atoms with Gasteiger partial charge < -0.3 is 15.4 Å². The van der Waals surface area contributed by atoms with Crippen LogP contribution >= 0.6 is 0 Å². The number of hydrogen-bond donors (Lipinski definition) is 2. The quantitative estimate of drug-likeness (QED) is 0.811. The molecule has 1 aromatic rings. The van der Waals surface area contributed by atoms with Gasteiger partial charge in [0.05, 0.1) is 25.5 Å². The maximum absolute atomic E-state index is 11.9. The molecule has 0 bridgehead atoms. The number of carbonyl (C=O) groups is 1. The molecule has 5 nitrogen and oxygen atoms in total. The molecule has 1 aliphatic rings. The Morgan fingerprint density at radius 2 is 2.05 bits per heavy atom. The molecule has 0 saturated heterocycles. The molecule has 0 unspecified atom stereocenters. The molecular formula is C15H23N3O2. The van der Waals surface area contributed by atoms with Crippen LogP contribution in [0.4, 0.5) is 5.69 Å². The molecule has 0 radical (unpaired) electrons. The first-order valence-corrected chi connectivity index (χ1v) is 7.31. The number of hydrogen-bond acceptors (Lipinski definition) is 4. The van der Waals surface area contributed by atoms with E-state index in [1.165, 1.54) is 25.7 Å². The van der Waals surface area contributed by atoms with E-state index >= 15 is 0 Å². The van der Waals surface area contributed by atoms with Gasteiger partial charge >= 0.3 is 0 Å². The number of aromatic nitrogens is 1. The fourth-order valence-corrected chi connectivity index (χ4v) is 2.49. The van der Waals surface area contributed by atoms with Gasteiger partial charge in [-0.1, -0.05) is 25.7 Å². The van der Waals surface area contributed by atoms with Crippen LogP contribution in [0.5, 0.6) is 5.88 Å². The number of amides is 1. The van der Waals surface area contributed by atoms with Crippen molar-refractivity contribution in [3.63, 3.8) is 0 Å². The summed E-state index contributed by atoms with van der Waals surface area (Å²) in [7, 11) is 1.58. The topological polar surface area (TPSA) is 63.2 Å². The molecule has 1 aromatic heterocycles. The third kappa shape index (κ3) is 4.72. The maximum Gasteiger partial charge on any atom is 0.239 e. The lowest BCUT2D eigenvalue weighted by Gasteiger charge is -2.16. The Labute approximate surface area is 120 Å². The third-order valence-electron chi connectivity index (χ3n) is 3.62. The smallest absolute Gasteiger partial charge is 0.239 e. The summed E-state index contributed by atoms with van der Waals surface area (Å²) in [6.45, 7) is 0.282. The van der Waals surface area contributed by atoms with Gasteiger partial charge in [-0.05, 0) is 18.9 Å². The number of rotatable bonds is 5. The second-order valence-corrected chi connectivity index (χ2v) is 5.20. The minimum absolute atomic E-state index is 0.0488. The summed E-state index contributed by atoms with van der Waals surface area (Å²) in [6.07, 6.45) is 8.91. The van der Waals surface area contributed by atoms with Crippen LogP contribution in [0.1, 0.15) is 38.5 Å². The SMILES string of the molecule is COc1ccc(NCC(=O)NC2CCCCCC2)cn1. The summed E-state index contributed by atoms with van der Waals surface area (Å²) in [6, 6.07) is 3.97. The van der Waals surface area contributed by atoms with Gasteiger partial charge in [0.25, 0.3) is 0 Å². The molecular weight excluding hydrogens is 254 g/mol. The summed E-state index contributed by atoms with van der Waals surface area (Å²) in [4.78, 5) is 16.0. The van der Waals surface area contributed by atoms with Crippen LogP contribution in [0.2, 0.25) is 0 Å². The Morgan fingerprint density at radius 1 is 1.30 bits per heavy atom. The zero-order chi connectivity index (χ0) is 14.2. The highest BCUT2D eigenvalue weighted by Gasteiger charge is 2.14. The summed E-state index contributed by atoms with van der Waals surface area (Å²) < 4.78 is 4.99. The Bertz CT molecular complexity index is 412. The van der Waals surface area contributed by atoms with Gasteiger partial charge in [-0.15, -0.1) is 0 Å². The summed E-state index contributed by atoms with van der Waals surface area (Å²) in [5.41, 5.74) is 0.821. The van der Waals surface area contributed by atoms with Crippen LogP contribution in [0.25, 0.3) is 0 Å². The lowest BCUT2D eigenvalue weighted by atomic mass is 10.1. The zero-order valence-electron chi connectivity index (χ0n) is 12.0. The molecule has 0 aromatic carbocycles. The molecule has 1 heterocycles. The zero-order valence-corrected chi connectivity index (χ0v) is 12.0. The average Bonchev–Trinajstić information content (AvgIpc) is 2.74. The van der Waals surface area contributed by atoms with Gasteiger partial charge in [0.1, 0.15) is 0 Å². The van der Waals surface area contributed by atoms with Gasteiger partial charge in [0, 0.05) is 12.1 Å². The van der Waals surface area contributed by atoms with E-state index in [-0.39, 0.29) is 12.5 Å². The molecule has 0 atom stereocenters. The minimum Gasteiger partial charge on any atom is -0.481 e. The Balaban J connectivity index is 1.73. The number of methoxy groups -OCH3 is 1. The number of carbonyl (C=O) groups excluding carboxylic acids is 1. The number of nitrogens with one attached hydrogen (secondary N) is 2. The van der Waals surface area contributed by atoms with Gasteiger partial charge in [-0.2, -0.15) is 0 Å². The Kier molecular flexibility index (Phi) is 5.65. The van der Waals surface area contributed by atoms with Crippen molar-refractivity contribution >= 4 is 11.6 Å². The second-order valence-electron chi connectivity index (χ2n) is 5.20. The van der Waals surface area contributed by atoms with Crippen molar-refractivity contribution in [2.24, 2.45) is 0 Å². The highest BCUT2D eigenvalue weighted by molar-refractivity contribution is 5.80. The summed E-state index contributed by atoms with van der Waals surface area (Å²) >= 11 is 0. The van der Waals surface area contributed by atoms with Crippen LogP contribution in [0.15, 0.2) is 18.3 Å². The van der Waals surface area contributed by atoms with E-state index in [1.807, 2.05) is 6.07 Å². The standard InChI is InChI=1S/C15H23N3O2/c1-20-15-9-8-13(10-17-15)16-11-14(19)18-12-6-4-2-3-5-7-12/h8-10,12,16H,2-7,11H2,1H3,(H,18,19). The second kappa shape index (κ2) is 7.72. The first kappa shape index (κ1) is 14.6. The van der Waals surface area contributed by atoms with Crippen LogP contribution in [0.3, 0.4) is 0 Å². The van der Waals surface area contributed by atoms with Gasteiger partial charge in [-0.25, -0.2) is 4.98 Å². The molecule has 0 aliphatic heterocycles. The molecule has 2 N–H and O–H groups in total. The predicted octanol–water partition coefficient (Wildman–Crippen LogP) is 2.34. The molecule has 2 rings (SSSR count). The summed E-state index contributed by atoms with van der Waals surface area (Å²) in [5.74, 6) is 0.617. The van der Waals surface area contributed by atoms with Crippen molar-refractivity contribution in [2.75, 3.05) is 19.0 Å². The molecule has 1 aliphatic carbocycles. The highest BCUT2D eigenvalue weighted by atomic mass is 16.5. The first-order valence-electron chi connectivity index (χ1n) is 7.31. The lowest BCUT2D eigenvalue weighted by Crippen LogP contribution is -2.38. The molecule has 1 saturated carbocycles. The molecule has 5 heteroatoms. The maximum atomic E-state index is 11.9. The highest BCUT2D eigenvalue weighted by Crippen LogP contribution is 2.17. The van der Waals surface area contributed by atoms with E-state index in [0.29, 0.717) is 11.9 Å². The van der Waals surface area contributed by atoms with Crippen LogP contribution in [-0.4, -0.2) is 30.6 Å². The fraction of sp³-hybridized carbons (Fsp3) is 0.600. The van der Waals surface area contributed by atoms with E-state index < -0.39 is 0 Å². The minimum atomic E-state index is 0.0488. The lowest BCUT2D eigenvalue weighted by molar-refractivity contribution is -0.120. The number of nitrogens with zero attached hydrogens (tertiary/aromatic N) is 1. The number of ether oxygens (including phenoxy) is 1. The van der Waals surface area contributed by atoms with Crippen LogP contribution in [-0.2, 0) is 4.79 Å². The van der Waals surface area contributed by atoms with Crippen LogP contribution in [0, 0.1) is 0 Å². The van der Waals surface area contributed by atoms with Crippen LogP contribution < -0.4 is 15.4 Å². The Morgan fingerprint density at radius 3 is 2.65 bits per heavy atom. The van der Waals surface area contributed by atoms with Crippen molar-refractivity contribution in [3.05, 3.63) is 18.3 Å². The largest absolute Gasteiger partial charge is 0.481 e. The van der Waals surface area contributed by atoms with Gasteiger partial charge in [0.15, 0.2) is 0 Å². The first-order chi connectivity index (χ1) is 9.78. The Hall–Kier alpha value is -1.78. The summed E-state index contributed by atoms with van der Waals surface area (Å²) in [5, 5.41) is 6.18. The third-order valence-corrected chi connectivity index (χ3v) is 3.62. The van der Waals surface area contributed by atoms with E-state index in [9.17, 15) is 4.79 Å². The molecule has 1 fully saturated rings. The van der Waals surface area contributed by atoms with Crippen molar-refractivity contribution in [2.45, 2.75) is 44.6 Å².